The molecule has 2 unspecified atom stereocenters. The summed E-state index contributed by atoms with van der Waals surface area (Å²) in [6.07, 6.45) is 1.96. The van der Waals surface area contributed by atoms with E-state index in [-0.39, 0.29) is 23.4 Å². The van der Waals surface area contributed by atoms with Crippen LogP contribution in [0.15, 0.2) is 10.1 Å². The van der Waals surface area contributed by atoms with Crippen LogP contribution < -0.4 is 10.7 Å². The van der Waals surface area contributed by atoms with Crippen molar-refractivity contribution in [1.82, 2.24) is 15.6 Å². The number of nitrogens with zero attached hydrogens (tertiary/aromatic N) is 3. The fourth-order valence-corrected chi connectivity index (χ4v) is 5.51. The van der Waals surface area contributed by atoms with Gasteiger partial charge in [-0.15, -0.1) is 11.6 Å². The zero-order valence-corrected chi connectivity index (χ0v) is 17.7. The maximum atomic E-state index is 11.1. The Hall–Kier alpha value is -0.970. The molecule has 5 N–H and O–H groups in total. The lowest BCUT2D eigenvalue weighted by molar-refractivity contribution is -0.143. The second kappa shape index (κ2) is 8.28. The fraction of sp³-hybridized carbons (Fsp3) is 0.895. The van der Waals surface area contributed by atoms with Gasteiger partial charge in [-0.2, -0.15) is 5.10 Å². The number of hydrogen-bond donors (Lipinski definition) is 5. The van der Waals surface area contributed by atoms with Crippen LogP contribution in [0.3, 0.4) is 0 Å². The minimum Gasteiger partial charge on any atom is -0.390 e. The molecule has 1 aliphatic carbocycles. The molecule has 3 fully saturated rings. The average Bonchev–Trinajstić information content (AvgIpc) is 3.22. The van der Waals surface area contributed by atoms with Gasteiger partial charge in [0.2, 0.25) is 0 Å². The highest BCUT2D eigenvalue weighted by Crippen LogP contribution is 2.42. The van der Waals surface area contributed by atoms with Gasteiger partial charge in [0, 0.05) is 19.0 Å². The molecule has 0 aromatic heterocycles. The molecule has 0 amide bonds. The van der Waals surface area contributed by atoms with Crippen LogP contribution in [0.2, 0.25) is 0 Å². The van der Waals surface area contributed by atoms with E-state index in [1.54, 1.807) is 20.3 Å². The van der Waals surface area contributed by atoms with Gasteiger partial charge in [-0.05, 0) is 44.9 Å². The summed E-state index contributed by atoms with van der Waals surface area (Å²) in [4.78, 5) is 6.30. The lowest BCUT2D eigenvalue weighted by Crippen LogP contribution is -2.57. The van der Waals surface area contributed by atoms with Crippen LogP contribution >= 0.6 is 11.6 Å². The highest BCUT2D eigenvalue weighted by molar-refractivity contribution is 6.20. The number of hydrogen-bond acceptors (Lipinski definition) is 8. The average molecular weight is 430 g/mol. The molecule has 1 saturated carbocycles. The fourth-order valence-electron chi connectivity index (χ4n) is 5.26. The van der Waals surface area contributed by atoms with Crippen molar-refractivity contribution in [2.24, 2.45) is 21.9 Å². The molecule has 7 atom stereocenters. The van der Waals surface area contributed by atoms with Crippen LogP contribution in [-0.2, 0) is 4.74 Å². The number of hydrazone groups is 1. The summed E-state index contributed by atoms with van der Waals surface area (Å²) in [6, 6.07) is 0. The summed E-state index contributed by atoms with van der Waals surface area (Å²) in [7, 11) is 1.73. The maximum absolute atomic E-state index is 11.1. The quantitative estimate of drug-likeness (QED) is 0.309. The van der Waals surface area contributed by atoms with Gasteiger partial charge in [-0.1, -0.05) is 0 Å². The number of aliphatic imine (C=N–C) groups is 1. The van der Waals surface area contributed by atoms with Crippen LogP contribution in [0.1, 0.15) is 39.0 Å². The third kappa shape index (κ3) is 3.77. The highest BCUT2D eigenvalue weighted by atomic mass is 35.5. The molecular formula is C19H32ClN5O4. The molecule has 4 rings (SSSR count). The van der Waals surface area contributed by atoms with Gasteiger partial charge >= 0.3 is 0 Å². The molecule has 2 saturated heterocycles. The van der Waals surface area contributed by atoms with Gasteiger partial charge in [0.05, 0.1) is 24.5 Å². The number of fused-ring (bicyclic) bond motifs is 1. The van der Waals surface area contributed by atoms with E-state index in [0.717, 1.165) is 32.1 Å². The van der Waals surface area contributed by atoms with Crippen molar-refractivity contribution in [2.75, 3.05) is 13.6 Å². The lowest BCUT2D eigenvalue weighted by atomic mass is 9.79. The maximum Gasteiger partial charge on any atom is 0.156 e. The number of alkyl halides is 1. The second-order valence-corrected chi connectivity index (χ2v) is 9.43. The number of halogens is 1. The Morgan fingerprint density at radius 2 is 2.10 bits per heavy atom. The summed E-state index contributed by atoms with van der Waals surface area (Å²) in [5.74, 6) is 0.761. The van der Waals surface area contributed by atoms with E-state index in [1.807, 2.05) is 4.90 Å². The topological polar surface area (TPSA) is 122 Å². The minimum absolute atomic E-state index is 0.00746. The number of likely N-dealkylation sites (tertiary alicyclic amines) is 1. The highest BCUT2D eigenvalue weighted by Gasteiger charge is 2.59. The molecular weight excluding hydrogens is 398 g/mol. The minimum atomic E-state index is -1.55. The Bertz CT molecular complexity index is 655. The molecule has 4 aliphatic rings. The molecule has 9 nitrogen and oxygen atoms in total. The van der Waals surface area contributed by atoms with Gasteiger partial charge in [-0.25, -0.2) is 4.99 Å². The van der Waals surface area contributed by atoms with E-state index in [1.165, 1.54) is 0 Å². The number of nitrogens with one attached hydrogen (secondary N) is 2. The van der Waals surface area contributed by atoms with Gasteiger partial charge in [0.15, 0.2) is 5.84 Å². The standard InChI is InChI=1S/C19H32ClN5O4/c1-19(28)14(27)18(29-15(19)13(26)10-3-5-11(20)6-4-10)25-8-7-12-16(24-21-2)22-9-23-17(12)25/h9-15,17-18,21,26-28H,3-8H2,1-2H3,(H,22,23,24)/t10?,11?,12?,13-,14+,15-,17?,18-,19+/m1/s1. The van der Waals surface area contributed by atoms with Crippen LogP contribution in [0.5, 0.6) is 0 Å². The zero-order valence-electron chi connectivity index (χ0n) is 16.9. The first kappa shape index (κ1) is 21.3. The summed E-state index contributed by atoms with van der Waals surface area (Å²) in [5, 5.41) is 40.6. The molecule has 0 aromatic carbocycles. The molecule has 3 aliphatic heterocycles. The molecule has 0 spiro atoms. The SMILES string of the molecule is CN/N=C1/N=CNC2C1CCN2[C@@H]1O[C@H]([C@H](O)C2CCC(Cl)CC2)[C@@](C)(O)[C@H]1O. The number of amidine groups is 1. The van der Waals surface area contributed by atoms with Crippen molar-refractivity contribution in [3.63, 3.8) is 0 Å². The van der Waals surface area contributed by atoms with Crippen LogP contribution in [0, 0.1) is 11.8 Å². The van der Waals surface area contributed by atoms with Crippen LogP contribution in [0.25, 0.3) is 0 Å². The van der Waals surface area contributed by atoms with Crippen molar-refractivity contribution >= 4 is 23.8 Å². The van der Waals surface area contributed by atoms with Crippen molar-refractivity contribution in [2.45, 2.75) is 80.7 Å². The molecule has 29 heavy (non-hydrogen) atoms. The largest absolute Gasteiger partial charge is 0.390 e. The van der Waals surface area contributed by atoms with Gasteiger partial charge in [0.25, 0.3) is 0 Å². The molecule has 3 heterocycles. The van der Waals surface area contributed by atoms with Gasteiger partial charge < -0.3 is 30.8 Å². The van der Waals surface area contributed by atoms with Crippen LogP contribution in [0.4, 0.5) is 0 Å². The second-order valence-electron chi connectivity index (χ2n) is 8.82. The predicted molar refractivity (Wildman–Crippen MR) is 110 cm³/mol. The number of rotatable bonds is 4. The van der Waals surface area contributed by atoms with Gasteiger partial charge in [0.1, 0.15) is 24.0 Å². The lowest BCUT2D eigenvalue weighted by Gasteiger charge is -2.36. The zero-order chi connectivity index (χ0) is 20.8. The molecule has 10 heteroatoms. The Kier molecular flexibility index (Phi) is 6.07. The Balaban J connectivity index is 1.50. The first-order chi connectivity index (χ1) is 13.8. The number of ether oxygens (including phenoxy) is 1. The van der Waals surface area contributed by atoms with Crippen molar-refractivity contribution in [3.8, 4) is 0 Å². The Labute approximate surface area is 176 Å². The van der Waals surface area contributed by atoms with Crippen molar-refractivity contribution in [1.29, 1.82) is 0 Å². The van der Waals surface area contributed by atoms with Crippen LogP contribution in [-0.4, -0.2) is 87.7 Å². The molecule has 0 aromatic rings. The molecule has 164 valence electrons. The van der Waals surface area contributed by atoms with E-state index in [9.17, 15) is 15.3 Å². The van der Waals surface area contributed by atoms with Crippen molar-refractivity contribution in [3.05, 3.63) is 0 Å². The van der Waals surface area contributed by atoms with Gasteiger partial charge in [-0.3, -0.25) is 4.90 Å². The molecule has 0 radical (unpaired) electrons. The van der Waals surface area contributed by atoms with E-state index >= 15 is 0 Å². The summed E-state index contributed by atoms with van der Waals surface area (Å²) >= 11 is 6.19. The van der Waals surface area contributed by atoms with E-state index in [4.69, 9.17) is 16.3 Å². The monoisotopic (exact) mass is 429 g/mol. The predicted octanol–water partition coefficient (Wildman–Crippen LogP) is -0.206. The first-order valence-corrected chi connectivity index (χ1v) is 10.9. The summed E-state index contributed by atoms with van der Waals surface area (Å²) in [6.45, 7) is 2.21. The number of aliphatic hydroxyl groups excluding tert-OH is 2. The Morgan fingerprint density at radius 3 is 2.79 bits per heavy atom. The van der Waals surface area contributed by atoms with E-state index in [0.29, 0.717) is 12.4 Å². The third-order valence-corrected chi connectivity index (χ3v) is 7.43. The van der Waals surface area contributed by atoms with Crippen molar-refractivity contribution < 1.29 is 20.1 Å². The van der Waals surface area contributed by atoms with E-state index < -0.39 is 30.1 Å². The van der Waals surface area contributed by atoms with E-state index in [2.05, 4.69) is 20.8 Å². The summed E-state index contributed by atoms with van der Waals surface area (Å²) < 4.78 is 6.16. The normalized spacial score (nSPS) is 47.8. The third-order valence-electron chi connectivity index (χ3n) is 6.99. The Morgan fingerprint density at radius 1 is 1.38 bits per heavy atom. The molecule has 0 bridgehead atoms. The first-order valence-electron chi connectivity index (χ1n) is 10.5. The number of aliphatic hydroxyl groups is 3. The summed E-state index contributed by atoms with van der Waals surface area (Å²) in [5.41, 5.74) is 1.23. The smallest absolute Gasteiger partial charge is 0.156 e.